The summed E-state index contributed by atoms with van der Waals surface area (Å²) in [6.07, 6.45) is 5.33. The molecule has 2 amide bonds. The van der Waals surface area contributed by atoms with Crippen LogP contribution in [0.5, 0.6) is 23.0 Å². The molecule has 3 aromatic rings. The third-order valence-electron chi connectivity index (χ3n) is 8.48. The van der Waals surface area contributed by atoms with E-state index in [0.717, 1.165) is 42.0 Å². The molecule has 12 heteroatoms. The van der Waals surface area contributed by atoms with Crippen LogP contribution >= 0.6 is 0 Å². The molecule has 0 heterocycles. The van der Waals surface area contributed by atoms with Crippen molar-refractivity contribution in [3.8, 4) is 23.0 Å². The first kappa shape index (κ1) is 36.4. The van der Waals surface area contributed by atoms with Gasteiger partial charge in [0.05, 0.1) is 38.5 Å². The number of nitrogens with one attached hydrogen (secondary N) is 1. The van der Waals surface area contributed by atoms with Gasteiger partial charge in [0.25, 0.3) is 10.0 Å². The van der Waals surface area contributed by atoms with Gasteiger partial charge in [0.1, 0.15) is 24.1 Å². The van der Waals surface area contributed by atoms with Crippen molar-refractivity contribution in [1.82, 2.24) is 10.2 Å². The summed E-state index contributed by atoms with van der Waals surface area (Å²) in [7, 11) is 0.101. The number of sulfonamides is 1. The van der Waals surface area contributed by atoms with Gasteiger partial charge in [0, 0.05) is 18.7 Å². The number of carbonyl (C=O) groups excluding carboxylic acids is 2. The lowest BCUT2D eigenvalue weighted by Gasteiger charge is -2.34. The van der Waals surface area contributed by atoms with Gasteiger partial charge < -0.3 is 29.2 Å². The van der Waals surface area contributed by atoms with E-state index in [1.54, 1.807) is 43.5 Å². The Labute approximate surface area is 284 Å². The molecule has 1 saturated carbocycles. The molecule has 1 N–H and O–H groups in total. The maximum Gasteiger partial charge on any atom is 0.264 e. The third kappa shape index (κ3) is 8.91. The largest absolute Gasteiger partial charge is 0.497 e. The quantitative estimate of drug-likeness (QED) is 0.209. The van der Waals surface area contributed by atoms with Gasteiger partial charge in [-0.3, -0.25) is 13.9 Å². The topological polar surface area (TPSA) is 124 Å². The molecular formula is C36H47N3O8S. The Morgan fingerprint density at radius 1 is 0.854 bits per heavy atom. The van der Waals surface area contributed by atoms with Gasteiger partial charge in [-0.2, -0.15) is 0 Å². The number of benzene rings is 3. The van der Waals surface area contributed by atoms with Crippen LogP contribution in [0.2, 0.25) is 0 Å². The van der Waals surface area contributed by atoms with Crippen molar-refractivity contribution in [3.05, 3.63) is 72.3 Å². The van der Waals surface area contributed by atoms with Crippen molar-refractivity contribution in [2.24, 2.45) is 0 Å². The highest BCUT2D eigenvalue weighted by Gasteiger charge is 2.35. The van der Waals surface area contributed by atoms with Gasteiger partial charge in [0.15, 0.2) is 11.5 Å². The van der Waals surface area contributed by atoms with E-state index in [0.29, 0.717) is 30.3 Å². The normalized spacial score (nSPS) is 14.0. The van der Waals surface area contributed by atoms with Gasteiger partial charge in [-0.05, 0) is 80.3 Å². The van der Waals surface area contributed by atoms with Crippen LogP contribution in [0.1, 0.15) is 57.9 Å². The summed E-state index contributed by atoms with van der Waals surface area (Å²) in [5.41, 5.74) is 0.990. The monoisotopic (exact) mass is 681 g/mol. The van der Waals surface area contributed by atoms with Crippen LogP contribution in [-0.4, -0.2) is 71.7 Å². The molecule has 260 valence electrons. The molecule has 48 heavy (non-hydrogen) atoms. The number of amides is 2. The molecule has 4 rings (SSSR count). The maximum absolute atomic E-state index is 14.5. The second-order valence-corrected chi connectivity index (χ2v) is 13.5. The van der Waals surface area contributed by atoms with E-state index in [1.165, 1.54) is 37.3 Å². The predicted octanol–water partition coefficient (Wildman–Crippen LogP) is 5.56. The second-order valence-electron chi connectivity index (χ2n) is 11.6. The number of ether oxygens (including phenoxy) is 4. The summed E-state index contributed by atoms with van der Waals surface area (Å²) in [6.45, 7) is 3.64. The predicted molar refractivity (Wildman–Crippen MR) is 184 cm³/mol. The minimum atomic E-state index is -4.34. The zero-order valence-electron chi connectivity index (χ0n) is 28.4. The molecular weight excluding hydrogens is 634 g/mol. The van der Waals surface area contributed by atoms with Gasteiger partial charge in [-0.15, -0.1) is 0 Å². The van der Waals surface area contributed by atoms with Crippen molar-refractivity contribution in [1.29, 1.82) is 0 Å². The summed E-state index contributed by atoms with van der Waals surface area (Å²) in [6, 6.07) is 17.2. The molecule has 0 saturated heterocycles. The van der Waals surface area contributed by atoms with Crippen LogP contribution in [0.3, 0.4) is 0 Å². The lowest BCUT2D eigenvalue weighted by Crippen LogP contribution is -2.54. The maximum atomic E-state index is 14.5. The van der Waals surface area contributed by atoms with E-state index in [9.17, 15) is 18.0 Å². The van der Waals surface area contributed by atoms with Gasteiger partial charge in [0.2, 0.25) is 11.8 Å². The molecule has 0 unspecified atom stereocenters. The molecule has 1 aliphatic carbocycles. The molecule has 3 aromatic carbocycles. The molecule has 1 fully saturated rings. The minimum absolute atomic E-state index is 0.0415. The molecule has 11 nitrogen and oxygen atoms in total. The van der Waals surface area contributed by atoms with Gasteiger partial charge >= 0.3 is 0 Å². The summed E-state index contributed by atoms with van der Waals surface area (Å²) in [5, 5.41) is 3.17. The Morgan fingerprint density at radius 2 is 1.56 bits per heavy atom. The van der Waals surface area contributed by atoms with Crippen molar-refractivity contribution in [2.45, 2.75) is 75.9 Å². The van der Waals surface area contributed by atoms with Crippen LogP contribution in [-0.2, 0) is 26.2 Å². The second kappa shape index (κ2) is 17.1. The standard InChI is InChI=1S/C36H47N3O8S/c1-6-32(36(41)37-27-13-9-8-10-14-27)38(24-26-12-11-15-30(22-26)44-3)35(40)25-39(28-16-18-29(19-17-28)47-7-2)48(42,43)31-20-21-33(45-4)34(23-31)46-5/h11-12,15-23,27,32H,6-10,13-14,24-25H2,1-5H3,(H,37,41)/t32-/m1/s1. The summed E-state index contributed by atoms with van der Waals surface area (Å²) >= 11 is 0. The van der Waals surface area contributed by atoms with Crippen LogP contribution in [0, 0.1) is 0 Å². The Hall–Kier alpha value is -4.45. The van der Waals surface area contributed by atoms with Crippen LogP contribution in [0.25, 0.3) is 0 Å². The van der Waals surface area contributed by atoms with Crippen molar-refractivity contribution < 1.29 is 37.0 Å². The zero-order chi connectivity index (χ0) is 34.7. The number of hydrogen-bond acceptors (Lipinski definition) is 8. The number of rotatable bonds is 16. The average Bonchev–Trinajstić information content (AvgIpc) is 3.11. The van der Waals surface area contributed by atoms with Crippen molar-refractivity contribution >= 4 is 27.5 Å². The Morgan fingerprint density at radius 3 is 2.19 bits per heavy atom. The number of carbonyl (C=O) groups is 2. The SMILES string of the molecule is CCOc1ccc(N(CC(=O)N(Cc2cccc(OC)c2)[C@H](CC)C(=O)NC2CCCCC2)S(=O)(=O)c2ccc(OC)c(OC)c2)cc1. The zero-order valence-corrected chi connectivity index (χ0v) is 29.3. The van der Waals surface area contributed by atoms with Gasteiger partial charge in [-0.25, -0.2) is 8.42 Å². The highest BCUT2D eigenvalue weighted by Crippen LogP contribution is 2.33. The lowest BCUT2D eigenvalue weighted by molar-refractivity contribution is -0.140. The fourth-order valence-corrected chi connectivity index (χ4v) is 7.37. The van der Waals surface area contributed by atoms with Crippen LogP contribution in [0.15, 0.2) is 71.6 Å². The van der Waals surface area contributed by atoms with E-state index in [2.05, 4.69) is 5.32 Å². The van der Waals surface area contributed by atoms with E-state index >= 15 is 0 Å². The van der Waals surface area contributed by atoms with E-state index < -0.39 is 28.5 Å². The first-order chi connectivity index (χ1) is 23.1. The molecule has 0 radical (unpaired) electrons. The van der Waals surface area contributed by atoms with E-state index in [4.69, 9.17) is 18.9 Å². The first-order valence-corrected chi connectivity index (χ1v) is 17.8. The van der Waals surface area contributed by atoms with Crippen molar-refractivity contribution in [2.75, 3.05) is 38.8 Å². The molecule has 0 spiro atoms. The Kier molecular flexibility index (Phi) is 13.0. The fourth-order valence-electron chi connectivity index (χ4n) is 5.94. The number of nitrogens with zero attached hydrogens (tertiary/aromatic N) is 2. The summed E-state index contributed by atoms with van der Waals surface area (Å²) in [4.78, 5) is 29.7. The number of hydrogen-bond donors (Lipinski definition) is 1. The third-order valence-corrected chi connectivity index (χ3v) is 10.3. The summed E-state index contributed by atoms with van der Waals surface area (Å²) in [5.74, 6) is 0.950. The van der Waals surface area contributed by atoms with E-state index in [-0.39, 0.29) is 34.8 Å². The minimum Gasteiger partial charge on any atom is -0.497 e. The first-order valence-electron chi connectivity index (χ1n) is 16.4. The van der Waals surface area contributed by atoms with E-state index in [1.807, 2.05) is 26.0 Å². The fraction of sp³-hybridized carbons (Fsp3) is 0.444. The molecule has 0 aromatic heterocycles. The highest BCUT2D eigenvalue weighted by molar-refractivity contribution is 7.92. The van der Waals surface area contributed by atoms with Crippen LogP contribution < -0.4 is 28.6 Å². The molecule has 1 aliphatic rings. The molecule has 0 bridgehead atoms. The molecule has 0 aliphatic heterocycles. The smallest absolute Gasteiger partial charge is 0.264 e. The highest BCUT2D eigenvalue weighted by atomic mass is 32.2. The lowest BCUT2D eigenvalue weighted by atomic mass is 9.95. The van der Waals surface area contributed by atoms with Crippen molar-refractivity contribution in [3.63, 3.8) is 0 Å². The Bertz CT molecular complexity index is 1620. The average molecular weight is 682 g/mol. The number of anilines is 1. The summed E-state index contributed by atoms with van der Waals surface area (Å²) < 4.78 is 51.5. The molecule has 1 atom stereocenters. The number of methoxy groups -OCH3 is 3. The Balaban J connectivity index is 1.75. The van der Waals surface area contributed by atoms with Crippen LogP contribution in [0.4, 0.5) is 5.69 Å². The van der Waals surface area contributed by atoms with Gasteiger partial charge in [-0.1, -0.05) is 38.3 Å².